The number of urea groups is 1. The van der Waals surface area contributed by atoms with Crippen LogP contribution >= 0.6 is 0 Å². The van der Waals surface area contributed by atoms with Gasteiger partial charge in [0, 0.05) is 50.3 Å². The quantitative estimate of drug-likeness (QED) is 0.0835. The number of carbonyl (C=O) groups excluding carboxylic acids is 1. The lowest BCUT2D eigenvalue weighted by atomic mass is 9.83. The van der Waals surface area contributed by atoms with Gasteiger partial charge >= 0.3 is 11.7 Å². The number of amides is 2. The Morgan fingerprint density at radius 2 is 0.894 bits per heavy atom. The molecule has 0 radical (unpaired) electrons. The van der Waals surface area contributed by atoms with Gasteiger partial charge in [0.15, 0.2) is 5.88 Å². The first-order valence-corrected chi connectivity index (χ1v) is 21.7. The summed E-state index contributed by atoms with van der Waals surface area (Å²) >= 11 is 0. The number of aromatic amines is 5. The van der Waals surface area contributed by atoms with Crippen LogP contribution in [-0.4, -0.2) is 51.1 Å². The first kappa shape index (κ1) is 57.8. The second-order valence-corrected chi connectivity index (χ2v) is 21.6. The molecule has 1 aliphatic rings. The standard InChI is InChI=1S/C11H17NO2.2C10H16N2O.2C9H14N2O2/c1-6-7(2)9(13)12-10(14)8(6)11(3,4)5;1-6-8(10(3,4)5)11-7(2)9(13)12-6;1-6-8(10(3,4)5)7(2)12-9(13)11-6;1-5-7(12)11-8(13)6(10-5)9(2,3)4;1-5-6(9(2,3)4)7(12)11-8(13)10-5/h1-5H3,(H2,12,13,14);1-5H3,(H,12,13);1H2,2-5H3,(H2,11,12,13);1-4H3,(H2,11,12,13);1-4H3,(H2,10,11,12,13). The van der Waals surface area contributed by atoms with Crippen LogP contribution in [0.5, 0.6) is 11.8 Å². The van der Waals surface area contributed by atoms with Gasteiger partial charge in [0.25, 0.3) is 22.2 Å². The maximum absolute atomic E-state index is 11.6. The first-order chi connectivity index (χ1) is 29.5. The second-order valence-electron chi connectivity index (χ2n) is 21.6. The smallest absolute Gasteiger partial charge is 0.325 e. The number of carbonyl (C=O) groups is 1. The number of rotatable bonds is 0. The van der Waals surface area contributed by atoms with Crippen molar-refractivity contribution >= 4 is 6.03 Å². The summed E-state index contributed by atoms with van der Waals surface area (Å²) in [6.07, 6.45) is 0. The van der Waals surface area contributed by atoms with Crippen molar-refractivity contribution in [1.29, 1.82) is 0 Å². The summed E-state index contributed by atoms with van der Waals surface area (Å²) in [5, 5.41) is 24.0. The van der Waals surface area contributed by atoms with Crippen molar-refractivity contribution in [2.75, 3.05) is 0 Å². The van der Waals surface area contributed by atoms with E-state index in [1.54, 1.807) is 27.7 Å². The maximum Gasteiger partial charge on any atom is 0.325 e. The van der Waals surface area contributed by atoms with Gasteiger partial charge in [-0.15, -0.1) is 0 Å². The third-order valence-electron chi connectivity index (χ3n) is 10.1. The highest BCUT2D eigenvalue weighted by molar-refractivity contribution is 5.81. The van der Waals surface area contributed by atoms with Gasteiger partial charge in [-0.25, -0.2) is 14.6 Å². The van der Waals surface area contributed by atoms with Crippen molar-refractivity contribution in [2.45, 2.75) is 174 Å². The molecule has 5 heterocycles. The molecule has 1 aliphatic heterocycles. The third kappa shape index (κ3) is 16.0. The molecule has 9 N–H and O–H groups in total. The Labute approximate surface area is 388 Å². The van der Waals surface area contributed by atoms with Crippen LogP contribution in [0.4, 0.5) is 4.79 Å². The molecule has 4 aromatic heterocycles. The highest BCUT2D eigenvalue weighted by Gasteiger charge is 2.28. The highest BCUT2D eigenvalue weighted by Crippen LogP contribution is 2.33. The predicted octanol–water partition coefficient (Wildman–Crippen LogP) is 7.56. The molecule has 66 heavy (non-hydrogen) atoms. The topological polar surface area (TPSA) is 272 Å². The van der Waals surface area contributed by atoms with E-state index in [1.807, 2.05) is 83.1 Å². The largest absolute Gasteiger partial charge is 0.494 e. The van der Waals surface area contributed by atoms with Gasteiger partial charge in [-0.2, -0.15) is 0 Å². The zero-order chi connectivity index (χ0) is 52.0. The van der Waals surface area contributed by atoms with Gasteiger partial charge in [-0.1, -0.05) is 110 Å². The summed E-state index contributed by atoms with van der Waals surface area (Å²) in [4.78, 5) is 88.3. The SMILES string of the molecule is C=C1NC(=O)NC(C)=C1C(C)(C)C.Cc1[nH]c(=O)[nH]c(=O)c1C(C)(C)C.Cc1[nH]c(=O)c(C)nc1C(C)(C)C.Cc1c(O)[nH]c(=O)c(C(C)(C)C)c1C.Cc1nc(C(C)(C)C)c(=O)[nH]c1O. The lowest BCUT2D eigenvalue weighted by Gasteiger charge is -2.31. The van der Waals surface area contributed by atoms with Crippen molar-refractivity contribution in [1.82, 2.24) is 45.5 Å². The molecule has 17 heteroatoms. The van der Waals surface area contributed by atoms with Gasteiger partial charge < -0.3 is 30.8 Å². The molecule has 5 rings (SSSR count). The minimum atomic E-state index is -0.449. The summed E-state index contributed by atoms with van der Waals surface area (Å²) < 4.78 is 0. The van der Waals surface area contributed by atoms with E-state index in [0.717, 1.165) is 39.3 Å². The molecule has 0 atom stereocenters. The van der Waals surface area contributed by atoms with Crippen LogP contribution in [-0.2, 0) is 21.7 Å². The van der Waals surface area contributed by atoms with E-state index in [0.29, 0.717) is 34.0 Å². The van der Waals surface area contributed by atoms with Crippen molar-refractivity contribution in [3.05, 3.63) is 132 Å². The highest BCUT2D eigenvalue weighted by atomic mass is 16.3. The van der Waals surface area contributed by atoms with Crippen LogP contribution in [0.15, 0.2) is 47.5 Å². The van der Waals surface area contributed by atoms with Crippen molar-refractivity contribution in [3.8, 4) is 11.8 Å². The number of allylic oxidation sites excluding steroid dienone is 2. The lowest BCUT2D eigenvalue weighted by Crippen LogP contribution is -2.41. The van der Waals surface area contributed by atoms with E-state index in [1.165, 1.54) is 0 Å². The Bertz CT molecular complexity index is 2750. The Kier molecular flexibility index (Phi) is 18.7. The number of pyridine rings is 1. The molecule has 0 fully saturated rings. The van der Waals surface area contributed by atoms with E-state index in [2.05, 4.69) is 93.6 Å². The molecule has 2 amide bonds. The fourth-order valence-electron chi connectivity index (χ4n) is 7.30. The van der Waals surface area contributed by atoms with Crippen LogP contribution in [0.25, 0.3) is 0 Å². The van der Waals surface area contributed by atoms with Gasteiger partial charge in [-0.3, -0.25) is 39.1 Å². The molecule has 0 spiro atoms. The van der Waals surface area contributed by atoms with Crippen molar-refractivity contribution in [2.24, 2.45) is 5.41 Å². The lowest BCUT2D eigenvalue weighted by molar-refractivity contribution is 0.243. The zero-order valence-corrected chi connectivity index (χ0v) is 43.4. The van der Waals surface area contributed by atoms with E-state index in [4.69, 9.17) is 0 Å². The van der Waals surface area contributed by atoms with Gasteiger partial charge in [0.05, 0.1) is 11.4 Å². The summed E-state index contributed by atoms with van der Waals surface area (Å²) in [7, 11) is 0. The molecule has 0 unspecified atom stereocenters. The van der Waals surface area contributed by atoms with Crippen LogP contribution in [0, 0.1) is 47.0 Å². The number of H-pyrrole nitrogens is 5. The second kappa shape index (κ2) is 21.4. The molecule has 17 nitrogen and oxygen atoms in total. The van der Waals surface area contributed by atoms with E-state index >= 15 is 0 Å². The first-order valence-electron chi connectivity index (χ1n) is 21.7. The number of nitrogens with zero attached hydrogens (tertiary/aromatic N) is 2. The molecule has 0 bridgehead atoms. The molecule has 0 aliphatic carbocycles. The van der Waals surface area contributed by atoms with Crippen molar-refractivity contribution < 1.29 is 15.0 Å². The normalized spacial score (nSPS) is 13.1. The number of aromatic nitrogens is 7. The number of nitrogens with one attached hydrogen (secondary N) is 7. The fraction of sp³-hybridized carbons (Fsp3) is 0.551. The van der Waals surface area contributed by atoms with Crippen LogP contribution in [0.2, 0.25) is 0 Å². The number of hydrogen-bond acceptors (Lipinski definition) is 10. The van der Waals surface area contributed by atoms with Crippen LogP contribution in [0.3, 0.4) is 0 Å². The average molecular weight is 920 g/mol. The Morgan fingerprint density at radius 3 is 1.32 bits per heavy atom. The monoisotopic (exact) mass is 920 g/mol. The fourth-order valence-corrected chi connectivity index (χ4v) is 7.30. The summed E-state index contributed by atoms with van der Waals surface area (Å²) in [5.41, 5.74) is 7.45. The summed E-state index contributed by atoms with van der Waals surface area (Å²) in [6.45, 7) is 46.4. The molecular weight excluding hydrogens is 843 g/mol. The minimum Gasteiger partial charge on any atom is -0.494 e. The Morgan fingerprint density at radius 1 is 0.439 bits per heavy atom. The zero-order valence-electron chi connectivity index (χ0n) is 43.4. The maximum atomic E-state index is 11.6. The average Bonchev–Trinajstić information content (AvgIpc) is 3.08. The predicted molar refractivity (Wildman–Crippen MR) is 264 cm³/mol. The minimum absolute atomic E-state index is 0.00185. The number of hydrogen-bond donors (Lipinski definition) is 9. The van der Waals surface area contributed by atoms with Gasteiger partial charge in [-0.05, 0) is 75.8 Å². The summed E-state index contributed by atoms with van der Waals surface area (Å²) in [6, 6.07) is -0.199. The number of aryl methyl sites for hydroxylation is 4. The third-order valence-corrected chi connectivity index (χ3v) is 10.1. The van der Waals surface area contributed by atoms with E-state index < -0.39 is 5.69 Å². The number of aromatic hydroxyl groups is 2. The molecule has 4 aromatic rings. The van der Waals surface area contributed by atoms with Gasteiger partial charge in [0.2, 0.25) is 5.88 Å². The van der Waals surface area contributed by atoms with E-state index in [-0.39, 0.29) is 67.1 Å². The molecular formula is C49H77N9O8. The molecule has 0 saturated carbocycles. The Hall–Kier alpha value is -6.26. The van der Waals surface area contributed by atoms with E-state index in [9.17, 15) is 39.0 Å². The summed E-state index contributed by atoms with van der Waals surface area (Å²) in [5.74, 6) is -0.182. The van der Waals surface area contributed by atoms with Crippen molar-refractivity contribution in [3.63, 3.8) is 0 Å². The van der Waals surface area contributed by atoms with Crippen LogP contribution in [0.1, 0.15) is 167 Å². The molecule has 0 aromatic carbocycles. The Balaban J connectivity index is 0.000000413. The van der Waals surface area contributed by atoms with Crippen LogP contribution < -0.4 is 38.6 Å². The molecule has 366 valence electrons. The molecule has 0 saturated heterocycles. The van der Waals surface area contributed by atoms with Gasteiger partial charge in [0.1, 0.15) is 11.4 Å².